The second kappa shape index (κ2) is 5.92. The number of carbonyl (C=O) groups excluding carboxylic acids is 2. The minimum Gasteiger partial charge on any atom is -0.480 e. The molecule has 1 aromatic carbocycles. The van der Waals surface area contributed by atoms with Crippen molar-refractivity contribution in [3.63, 3.8) is 0 Å². The molecule has 0 bridgehead atoms. The van der Waals surface area contributed by atoms with Gasteiger partial charge in [-0.15, -0.1) is 0 Å². The third kappa shape index (κ3) is 3.27. The highest BCUT2D eigenvalue weighted by Gasteiger charge is 2.36. The van der Waals surface area contributed by atoms with Gasteiger partial charge in [0.1, 0.15) is 12.6 Å². The summed E-state index contributed by atoms with van der Waals surface area (Å²) in [5.41, 5.74) is 0.501. The summed E-state index contributed by atoms with van der Waals surface area (Å²) in [6.07, 6.45) is 0.389. The summed E-state index contributed by atoms with van der Waals surface area (Å²) in [5.74, 6) is -1.86. The predicted octanol–water partition coefficient (Wildman–Crippen LogP) is 1.35. The third-order valence-electron chi connectivity index (χ3n) is 3.04. The number of nitrogens with one attached hydrogen (secondary N) is 1. The van der Waals surface area contributed by atoms with E-state index in [4.69, 9.17) is 16.7 Å². The van der Waals surface area contributed by atoms with E-state index in [1.165, 1.54) is 0 Å². The highest BCUT2D eigenvalue weighted by molar-refractivity contribution is 6.30. The first-order valence-corrected chi connectivity index (χ1v) is 6.43. The molecular weight excluding hydrogens is 284 g/mol. The van der Waals surface area contributed by atoms with Crippen LogP contribution in [0.1, 0.15) is 12.8 Å². The third-order valence-corrected chi connectivity index (χ3v) is 3.27. The molecule has 1 aliphatic rings. The molecule has 2 rings (SSSR count). The summed E-state index contributed by atoms with van der Waals surface area (Å²) in [5, 5.41) is 12.1. The summed E-state index contributed by atoms with van der Waals surface area (Å²) in [7, 11) is 0. The van der Waals surface area contributed by atoms with Gasteiger partial charge in [0.25, 0.3) is 0 Å². The van der Waals surface area contributed by atoms with E-state index >= 15 is 0 Å². The van der Waals surface area contributed by atoms with Crippen LogP contribution in [0.3, 0.4) is 0 Å². The van der Waals surface area contributed by atoms with E-state index in [0.29, 0.717) is 10.7 Å². The predicted molar refractivity (Wildman–Crippen MR) is 72.5 cm³/mol. The lowest BCUT2D eigenvalue weighted by Crippen LogP contribution is -2.43. The fraction of sp³-hybridized carbons (Fsp3) is 0.308. The number of carboxylic acids is 1. The van der Waals surface area contributed by atoms with Gasteiger partial charge < -0.3 is 15.3 Å². The number of hydrogen-bond donors (Lipinski definition) is 2. The first-order valence-electron chi connectivity index (χ1n) is 6.05. The van der Waals surface area contributed by atoms with Crippen LogP contribution in [0.4, 0.5) is 5.69 Å². The van der Waals surface area contributed by atoms with Crippen LogP contribution in [0.25, 0.3) is 0 Å². The van der Waals surface area contributed by atoms with E-state index in [1.54, 1.807) is 24.3 Å². The van der Waals surface area contributed by atoms with E-state index in [1.807, 2.05) is 0 Å². The molecule has 0 aliphatic carbocycles. The number of carbonyl (C=O) groups is 3. The first kappa shape index (κ1) is 14.3. The Morgan fingerprint density at radius 2 is 2.20 bits per heavy atom. The molecule has 106 valence electrons. The Balaban J connectivity index is 2.00. The Hall–Kier alpha value is -2.08. The number of hydrogen-bond acceptors (Lipinski definition) is 3. The molecular formula is C13H13ClN2O4. The fourth-order valence-corrected chi connectivity index (χ4v) is 2.30. The van der Waals surface area contributed by atoms with Crippen LogP contribution in [0, 0.1) is 0 Å². The summed E-state index contributed by atoms with van der Waals surface area (Å²) < 4.78 is 0. The Bertz CT molecular complexity index is 561. The van der Waals surface area contributed by atoms with Gasteiger partial charge in [-0.05, 0) is 24.6 Å². The molecule has 6 nitrogen and oxygen atoms in total. The number of amides is 2. The monoisotopic (exact) mass is 296 g/mol. The van der Waals surface area contributed by atoms with Crippen LogP contribution in [-0.2, 0) is 14.4 Å². The van der Waals surface area contributed by atoms with Crippen molar-refractivity contribution in [3.05, 3.63) is 29.3 Å². The van der Waals surface area contributed by atoms with E-state index in [0.717, 1.165) is 4.90 Å². The number of rotatable bonds is 4. The molecule has 2 N–H and O–H groups in total. The lowest BCUT2D eigenvalue weighted by molar-refractivity contribution is -0.147. The van der Waals surface area contributed by atoms with Gasteiger partial charge in [0.15, 0.2) is 0 Å². The van der Waals surface area contributed by atoms with Crippen LogP contribution >= 0.6 is 11.6 Å². The number of nitrogens with zero attached hydrogens (tertiary/aromatic N) is 1. The Morgan fingerprint density at radius 3 is 2.85 bits per heavy atom. The highest BCUT2D eigenvalue weighted by atomic mass is 35.5. The molecule has 20 heavy (non-hydrogen) atoms. The maximum absolute atomic E-state index is 11.9. The molecule has 1 atom stereocenters. The lowest BCUT2D eigenvalue weighted by atomic mass is 10.2. The van der Waals surface area contributed by atoms with Crippen molar-refractivity contribution >= 4 is 35.1 Å². The molecule has 0 aromatic heterocycles. The number of halogens is 1. The number of benzene rings is 1. The zero-order chi connectivity index (χ0) is 14.7. The fourth-order valence-electron chi connectivity index (χ4n) is 2.11. The normalized spacial score (nSPS) is 18.1. The van der Waals surface area contributed by atoms with Crippen LogP contribution in [-0.4, -0.2) is 40.4 Å². The molecule has 0 radical (unpaired) electrons. The van der Waals surface area contributed by atoms with Crippen molar-refractivity contribution < 1.29 is 19.5 Å². The number of anilines is 1. The minimum absolute atomic E-state index is 0.154. The number of carboxylic acid groups (broad SMARTS) is 1. The molecule has 1 saturated heterocycles. The van der Waals surface area contributed by atoms with Gasteiger partial charge in [-0.25, -0.2) is 4.79 Å². The summed E-state index contributed by atoms with van der Waals surface area (Å²) in [4.78, 5) is 35.5. The van der Waals surface area contributed by atoms with Gasteiger partial charge in [0, 0.05) is 17.1 Å². The first-order chi connectivity index (χ1) is 9.47. The van der Waals surface area contributed by atoms with Gasteiger partial charge in [-0.3, -0.25) is 9.59 Å². The van der Waals surface area contributed by atoms with Gasteiger partial charge in [-0.2, -0.15) is 0 Å². The number of likely N-dealkylation sites (tertiary alicyclic amines) is 1. The van der Waals surface area contributed by atoms with Crippen LogP contribution in [0.2, 0.25) is 5.02 Å². The topological polar surface area (TPSA) is 86.7 Å². The molecule has 1 aliphatic heterocycles. The highest BCUT2D eigenvalue weighted by Crippen LogP contribution is 2.19. The molecule has 0 saturated carbocycles. The van der Waals surface area contributed by atoms with Crippen molar-refractivity contribution in [3.8, 4) is 0 Å². The second-order valence-electron chi connectivity index (χ2n) is 4.47. The molecule has 1 heterocycles. The molecule has 1 fully saturated rings. The quantitative estimate of drug-likeness (QED) is 0.878. The Labute approximate surface area is 120 Å². The van der Waals surface area contributed by atoms with Crippen molar-refractivity contribution in [2.45, 2.75) is 18.9 Å². The molecule has 0 spiro atoms. The maximum Gasteiger partial charge on any atom is 0.326 e. The maximum atomic E-state index is 11.9. The molecule has 7 heteroatoms. The van der Waals surface area contributed by atoms with Crippen LogP contribution < -0.4 is 5.32 Å². The Kier molecular flexibility index (Phi) is 4.24. The zero-order valence-corrected chi connectivity index (χ0v) is 11.3. The van der Waals surface area contributed by atoms with E-state index < -0.39 is 17.9 Å². The van der Waals surface area contributed by atoms with Crippen molar-refractivity contribution in [2.24, 2.45) is 0 Å². The van der Waals surface area contributed by atoms with E-state index in [2.05, 4.69) is 5.32 Å². The summed E-state index contributed by atoms with van der Waals surface area (Å²) in [6.45, 7) is -0.275. The summed E-state index contributed by atoms with van der Waals surface area (Å²) >= 11 is 5.79. The van der Waals surface area contributed by atoms with Crippen LogP contribution in [0.15, 0.2) is 24.3 Å². The minimum atomic E-state index is -1.09. The zero-order valence-electron chi connectivity index (χ0n) is 10.5. The lowest BCUT2D eigenvalue weighted by Gasteiger charge is -2.20. The van der Waals surface area contributed by atoms with Crippen molar-refractivity contribution in [2.75, 3.05) is 11.9 Å². The smallest absolute Gasteiger partial charge is 0.326 e. The standard InChI is InChI=1S/C13H13ClN2O4/c14-8-2-1-3-9(6-8)15-11(17)7-16-10(13(19)20)4-5-12(16)18/h1-3,6,10H,4-5,7H2,(H,15,17)(H,19,20). The Morgan fingerprint density at radius 1 is 1.45 bits per heavy atom. The summed E-state index contributed by atoms with van der Waals surface area (Å²) in [6, 6.07) is 5.65. The molecule has 2 amide bonds. The second-order valence-corrected chi connectivity index (χ2v) is 4.91. The van der Waals surface area contributed by atoms with Gasteiger partial charge >= 0.3 is 5.97 Å². The van der Waals surface area contributed by atoms with Gasteiger partial charge in [-0.1, -0.05) is 17.7 Å². The van der Waals surface area contributed by atoms with Gasteiger partial charge in [0.05, 0.1) is 0 Å². The van der Waals surface area contributed by atoms with Gasteiger partial charge in [0.2, 0.25) is 11.8 Å². The molecule has 1 unspecified atom stereocenters. The number of aliphatic carboxylic acids is 1. The largest absolute Gasteiger partial charge is 0.480 e. The van der Waals surface area contributed by atoms with Crippen molar-refractivity contribution in [1.29, 1.82) is 0 Å². The van der Waals surface area contributed by atoms with E-state index in [-0.39, 0.29) is 25.3 Å². The average Bonchev–Trinajstić information content (AvgIpc) is 2.71. The average molecular weight is 297 g/mol. The SMILES string of the molecule is O=C(CN1C(=O)CCC1C(=O)O)Nc1cccc(Cl)c1. The van der Waals surface area contributed by atoms with Crippen molar-refractivity contribution in [1.82, 2.24) is 4.90 Å². The van der Waals surface area contributed by atoms with Crippen LogP contribution in [0.5, 0.6) is 0 Å². The molecule has 1 aromatic rings. The van der Waals surface area contributed by atoms with E-state index in [9.17, 15) is 14.4 Å².